The van der Waals surface area contributed by atoms with Crippen molar-refractivity contribution in [3.63, 3.8) is 0 Å². The van der Waals surface area contributed by atoms with Crippen LogP contribution < -0.4 is 5.32 Å². The van der Waals surface area contributed by atoms with Gasteiger partial charge < -0.3 is 5.32 Å². The molecule has 5 heteroatoms. The van der Waals surface area contributed by atoms with Crippen LogP contribution in [0, 0.1) is 6.92 Å². The number of nitrogens with one attached hydrogen (secondary N) is 1. The fourth-order valence-electron chi connectivity index (χ4n) is 1.76. The Hall–Kier alpha value is -0.970. The number of anilines is 1. The first-order valence-electron chi connectivity index (χ1n) is 6.43. The fourth-order valence-corrected chi connectivity index (χ4v) is 2.98. The number of rotatable bonds is 5. The minimum atomic E-state index is -0.0116. The summed E-state index contributed by atoms with van der Waals surface area (Å²) in [4.78, 5) is 11.9. The van der Waals surface area contributed by atoms with Crippen molar-refractivity contribution in [2.45, 2.75) is 12.7 Å². The molecule has 0 atom stereocenters. The molecule has 0 aromatic heterocycles. The maximum atomic E-state index is 11.9. The summed E-state index contributed by atoms with van der Waals surface area (Å²) < 4.78 is 1.06. The molecule has 110 valence electrons. The predicted octanol–water partition coefficient (Wildman–Crippen LogP) is 5.28. The normalized spacial score (nSPS) is 10.4. The number of hydrogen-bond acceptors (Lipinski definition) is 2. The minimum Gasteiger partial charge on any atom is -0.325 e. The second-order valence-electron chi connectivity index (χ2n) is 4.63. The van der Waals surface area contributed by atoms with Crippen molar-refractivity contribution >= 4 is 50.9 Å². The van der Waals surface area contributed by atoms with Gasteiger partial charge >= 0.3 is 0 Å². The standard InChI is InChI=1S/C16H15BrClNOS/c1-11-2-7-14(18)8-15(11)19-16(20)10-21-9-12-3-5-13(17)6-4-12/h2-8H,9-10H2,1H3,(H,19,20). The van der Waals surface area contributed by atoms with Crippen LogP contribution in [0.3, 0.4) is 0 Å². The molecule has 0 bridgehead atoms. The Balaban J connectivity index is 1.82. The molecule has 1 amide bonds. The predicted molar refractivity (Wildman–Crippen MR) is 95.1 cm³/mol. The Labute approximate surface area is 142 Å². The molecule has 0 aliphatic heterocycles. The van der Waals surface area contributed by atoms with Gasteiger partial charge in [0, 0.05) is 20.9 Å². The number of thioether (sulfide) groups is 1. The third-order valence-corrected chi connectivity index (χ3v) is 4.66. The van der Waals surface area contributed by atoms with Crippen LogP contribution in [0.4, 0.5) is 5.69 Å². The molecule has 0 fully saturated rings. The highest BCUT2D eigenvalue weighted by molar-refractivity contribution is 9.10. The lowest BCUT2D eigenvalue weighted by Gasteiger charge is -2.08. The maximum Gasteiger partial charge on any atom is 0.234 e. The van der Waals surface area contributed by atoms with Crippen LogP contribution in [0.15, 0.2) is 46.9 Å². The zero-order valence-corrected chi connectivity index (χ0v) is 14.7. The van der Waals surface area contributed by atoms with Gasteiger partial charge in [-0.25, -0.2) is 0 Å². The van der Waals surface area contributed by atoms with Crippen molar-refractivity contribution < 1.29 is 4.79 Å². The first-order valence-corrected chi connectivity index (χ1v) is 8.75. The van der Waals surface area contributed by atoms with E-state index in [0.29, 0.717) is 10.8 Å². The van der Waals surface area contributed by atoms with E-state index in [1.165, 1.54) is 5.56 Å². The lowest BCUT2D eigenvalue weighted by atomic mass is 10.2. The Morgan fingerprint density at radius 3 is 2.67 bits per heavy atom. The van der Waals surface area contributed by atoms with Crippen LogP contribution in [0.25, 0.3) is 0 Å². The van der Waals surface area contributed by atoms with Crippen molar-refractivity contribution in [1.29, 1.82) is 0 Å². The van der Waals surface area contributed by atoms with E-state index in [9.17, 15) is 4.79 Å². The molecule has 0 saturated carbocycles. The van der Waals surface area contributed by atoms with Crippen molar-refractivity contribution in [3.05, 3.63) is 63.1 Å². The summed E-state index contributed by atoms with van der Waals surface area (Å²) in [6.45, 7) is 1.95. The quantitative estimate of drug-likeness (QED) is 0.759. The smallest absolute Gasteiger partial charge is 0.234 e. The number of amides is 1. The Morgan fingerprint density at radius 1 is 1.24 bits per heavy atom. The average Bonchev–Trinajstić information content (AvgIpc) is 2.45. The minimum absolute atomic E-state index is 0.0116. The van der Waals surface area contributed by atoms with Gasteiger partial charge in [-0.3, -0.25) is 4.79 Å². The topological polar surface area (TPSA) is 29.1 Å². The van der Waals surface area contributed by atoms with Gasteiger partial charge in [-0.2, -0.15) is 0 Å². The second-order valence-corrected chi connectivity index (χ2v) is 6.96. The van der Waals surface area contributed by atoms with E-state index in [1.54, 1.807) is 17.8 Å². The lowest BCUT2D eigenvalue weighted by molar-refractivity contribution is -0.113. The van der Waals surface area contributed by atoms with Gasteiger partial charge in [0.15, 0.2) is 0 Å². The molecule has 0 aliphatic carbocycles. The van der Waals surface area contributed by atoms with E-state index >= 15 is 0 Å². The van der Waals surface area contributed by atoms with Crippen molar-refractivity contribution in [2.75, 3.05) is 11.1 Å². The van der Waals surface area contributed by atoms with Crippen molar-refractivity contribution in [3.8, 4) is 0 Å². The highest BCUT2D eigenvalue weighted by atomic mass is 79.9. The molecule has 0 spiro atoms. The Morgan fingerprint density at radius 2 is 1.95 bits per heavy atom. The molecule has 0 saturated heterocycles. The molecule has 2 rings (SSSR count). The van der Waals surface area contributed by atoms with Crippen LogP contribution in [0.2, 0.25) is 5.02 Å². The zero-order valence-electron chi connectivity index (χ0n) is 11.5. The summed E-state index contributed by atoms with van der Waals surface area (Å²) in [5.41, 5.74) is 2.98. The van der Waals surface area contributed by atoms with Gasteiger partial charge in [0.1, 0.15) is 0 Å². The molecule has 0 unspecified atom stereocenters. The number of carbonyl (C=O) groups is 1. The van der Waals surface area contributed by atoms with E-state index in [4.69, 9.17) is 11.6 Å². The molecule has 1 N–H and O–H groups in total. The molecule has 0 heterocycles. The summed E-state index contributed by atoms with van der Waals surface area (Å²) in [7, 11) is 0. The largest absolute Gasteiger partial charge is 0.325 e. The summed E-state index contributed by atoms with van der Waals surface area (Å²) in [6.07, 6.45) is 0. The van der Waals surface area contributed by atoms with Crippen LogP contribution in [0.1, 0.15) is 11.1 Å². The average molecular weight is 385 g/mol. The highest BCUT2D eigenvalue weighted by Crippen LogP contribution is 2.21. The fraction of sp³-hybridized carbons (Fsp3) is 0.188. The molecule has 0 aliphatic rings. The summed E-state index contributed by atoms with van der Waals surface area (Å²) in [5.74, 6) is 1.22. The Bertz CT molecular complexity index is 631. The molecular weight excluding hydrogens is 370 g/mol. The van der Waals surface area contributed by atoms with Crippen LogP contribution in [-0.2, 0) is 10.5 Å². The third-order valence-electron chi connectivity index (χ3n) is 2.89. The number of halogens is 2. The van der Waals surface area contributed by atoms with Gasteiger partial charge in [0.05, 0.1) is 5.75 Å². The monoisotopic (exact) mass is 383 g/mol. The summed E-state index contributed by atoms with van der Waals surface area (Å²) in [6, 6.07) is 13.6. The number of carbonyl (C=O) groups excluding carboxylic acids is 1. The molecule has 2 aromatic carbocycles. The van der Waals surface area contributed by atoms with Crippen LogP contribution >= 0.6 is 39.3 Å². The molecule has 2 nitrogen and oxygen atoms in total. The zero-order chi connectivity index (χ0) is 15.2. The van der Waals surface area contributed by atoms with Gasteiger partial charge in [-0.1, -0.05) is 45.7 Å². The Kier molecular flexibility index (Phi) is 6.15. The lowest BCUT2D eigenvalue weighted by Crippen LogP contribution is -2.15. The maximum absolute atomic E-state index is 11.9. The van der Waals surface area contributed by atoms with E-state index < -0.39 is 0 Å². The SMILES string of the molecule is Cc1ccc(Cl)cc1NC(=O)CSCc1ccc(Br)cc1. The van der Waals surface area contributed by atoms with Crippen LogP contribution in [-0.4, -0.2) is 11.7 Å². The summed E-state index contributed by atoms with van der Waals surface area (Å²) >= 11 is 10.9. The van der Waals surface area contributed by atoms with E-state index in [1.807, 2.05) is 31.2 Å². The van der Waals surface area contributed by atoms with Gasteiger partial charge in [-0.05, 0) is 42.3 Å². The van der Waals surface area contributed by atoms with Gasteiger partial charge in [-0.15, -0.1) is 11.8 Å². The molecular formula is C16H15BrClNOS. The molecule has 21 heavy (non-hydrogen) atoms. The van der Waals surface area contributed by atoms with Crippen molar-refractivity contribution in [2.24, 2.45) is 0 Å². The van der Waals surface area contributed by atoms with Crippen molar-refractivity contribution in [1.82, 2.24) is 0 Å². The second kappa shape index (κ2) is 7.87. The van der Waals surface area contributed by atoms with Crippen LogP contribution in [0.5, 0.6) is 0 Å². The highest BCUT2D eigenvalue weighted by Gasteiger charge is 2.06. The number of hydrogen-bond donors (Lipinski definition) is 1. The first-order chi connectivity index (χ1) is 10.0. The number of aryl methyl sites for hydroxylation is 1. The van der Waals surface area contributed by atoms with E-state index in [-0.39, 0.29) is 5.91 Å². The number of benzene rings is 2. The first kappa shape index (κ1) is 16.4. The van der Waals surface area contributed by atoms with Gasteiger partial charge in [0.2, 0.25) is 5.91 Å². The summed E-state index contributed by atoms with van der Waals surface area (Å²) in [5, 5.41) is 3.52. The van der Waals surface area contributed by atoms with E-state index in [0.717, 1.165) is 21.5 Å². The molecule has 0 radical (unpaired) electrons. The molecule has 2 aromatic rings. The van der Waals surface area contributed by atoms with Gasteiger partial charge in [0.25, 0.3) is 0 Å². The third kappa shape index (κ3) is 5.38. The van der Waals surface area contributed by atoms with E-state index in [2.05, 4.69) is 33.4 Å².